The van der Waals surface area contributed by atoms with Crippen LogP contribution in [0, 0.1) is 13.8 Å². The molecule has 146 valence electrons. The molecule has 3 aromatic rings. The van der Waals surface area contributed by atoms with Crippen LogP contribution in [-0.4, -0.2) is 25.5 Å². The van der Waals surface area contributed by atoms with Crippen molar-refractivity contribution in [2.75, 3.05) is 5.32 Å². The summed E-state index contributed by atoms with van der Waals surface area (Å²) in [5.41, 5.74) is 3.74. The number of rotatable bonds is 6. The van der Waals surface area contributed by atoms with E-state index in [1.54, 1.807) is 29.1 Å². The van der Waals surface area contributed by atoms with Gasteiger partial charge in [0.1, 0.15) is 0 Å². The van der Waals surface area contributed by atoms with Crippen LogP contribution in [0.4, 0.5) is 5.82 Å². The molecule has 0 fully saturated rings. The number of nitrogens with one attached hydrogen (secondary N) is 1. The molecule has 1 amide bonds. The van der Waals surface area contributed by atoms with Crippen LogP contribution in [0.1, 0.15) is 29.4 Å². The summed E-state index contributed by atoms with van der Waals surface area (Å²) >= 11 is 12.2. The predicted octanol–water partition coefficient (Wildman–Crippen LogP) is 4.72. The fraction of sp³-hybridized carbons (Fsp3) is 0.250. The van der Waals surface area contributed by atoms with Crippen molar-refractivity contribution in [1.29, 1.82) is 0 Å². The van der Waals surface area contributed by atoms with Gasteiger partial charge in [-0.1, -0.05) is 29.3 Å². The third-order valence-electron chi connectivity index (χ3n) is 4.42. The molecule has 2 aromatic heterocycles. The average Bonchev–Trinajstić information content (AvgIpc) is 3.17. The lowest BCUT2D eigenvalue weighted by atomic mass is 10.2. The summed E-state index contributed by atoms with van der Waals surface area (Å²) in [6.45, 7) is 7.20. The fourth-order valence-corrected chi connectivity index (χ4v) is 3.29. The van der Waals surface area contributed by atoms with E-state index in [0.29, 0.717) is 22.4 Å². The van der Waals surface area contributed by atoms with Gasteiger partial charge >= 0.3 is 0 Å². The Hall–Kier alpha value is -2.57. The van der Waals surface area contributed by atoms with E-state index in [9.17, 15) is 4.79 Å². The Bertz CT molecular complexity index is 1040. The van der Waals surface area contributed by atoms with E-state index in [1.165, 1.54) is 6.08 Å². The molecule has 0 spiro atoms. The molecule has 0 bridgehead atoms. The fourth-order valence-electron chi connectivity index (χ4n) is 2.82. The van der Waals surface area contributed by atoms with Gasteiger partial charge in [0.15, 0.2) is 5.82 Å². The van der Waals surface area contributed by atoms with E-state index >= 15 is 0 Å². The maximum Gasteiger partial charge on any atom is 0.249 e. The Morgan fingerprint density at radius 3 is 2.68 bits per heavy atom. The number of anilines is 1. The van der Waals surface area contributed by atoms with Crippen molar-refractivity contribution in [2.45, 2.75) is 33.9 Å². The van der Waals surface area contributed by atoms with Crippen molar-refractivity contribution >= 4 is 41.0 Å². The van der Waals surface area contributed by atoms with E-state index in [4.69, 9.17) is 23.2 Å². The van der Waals surface area contributed by atoms with E-state index in [-0.39, 0.29) is 5.91 Å². The first-order valence-electron chi connectivity index (χ1n) is 8.87. The topological polar surface area (TPSA) is 64.7 Å². The molecule has 1 N–H and O–H groups in total. The number of aromatic nitrogens is 4. The molecule has 1 aromatic carbocycles. The predicted molar refractivity (Wildman–Crippen MR) is 113 cm³/mol. The lowest BCUT2D eigenvalue weighted by molar-refractivity contribution is -0.111. The van der Waals surface area contributed by atoms with Crippen LogP contribution < -0.4 is 5.32 Å². The van der Waals surface area contributed by atoms with E-state index in [0.717, 1.165) is 29.1 Å². The number of hydrogen-bond acceptors (Lipinski definition) is 3. The number of carbonyl (C=O) groups excluding carboxylic acids is 1. The number of benzene rings is 1. The van der Waals surface area contributed by atoms with Crippen LogP contribution in [0.25, 0.3) is 6.08 Å². The van der Waals surface area contributed by atoms with Gasteiger partial charge in [-0.15, -0.1) is 0 Å². The largest absolute Gasteiger partial charge is 0.306 e. The zero-order valence-electron chi connectivity index (χ0n) is 15.9. The van der Waals surface area contributed by atoms with E-state index < -0.39 is 0 Å². The molecule has 0 saturated carbocycles. The summed E-state index contributed by atoms with van der Waals surface area (Å²) < 4.78 is 3.66. The third kappa shape index (κ3) is 4.64. The quantitative estimate of drug-likeness (QED) is 0.589. The second-order valence-electron chi connectivity index (χ2n) is 6.39. The SMILES string of the molecule is CCn1ncc(/C=C/C(=O)Nc2cc(C)n(Cc3ccc(Cl)cc3Cl)n2)c1C. The van der Waals surface area contributed by atoms with Crippen LogP contribution >= 0.6 is 23.2 Å². The molecular formula is C20H21Cl2N5O. The second-order valence-corrected chi connectivity index (χ2v) is 7.23. The Balaban J connectivity index is 1.68. The molecule has 0 unspecified atom stereocenters. The second kappa shape index (κ2) is 8.63. The number of amides is 1. The van der Waals surface area contributed by atoms with Crippen molar-refractivity contribution in [2.24, 2.45) is 0 Å². The maximum absolute atomic E-state index is 12.2. The average molecular weight is 418 g/mol. The highest BCUT2D eigenvalue weighted by Crippen LogP contribution is 2.22. The van der Waals surface area contributed by atoms with Crippen LogP contribution in [0.5, 0.6) is 0 Å². The van der Waals surface area contributed by atoms with Gasteiger partial charge in [0, 0.05) is 45.7 Å². The molecule has 0 aliphatic heterocycles. The Morgan fingerprint density at radius 2 is 2.00 bits per heavy atom. The van der Waals surface area contributed by atoms with Crippen molar-refractivity contribution in [3.63, 3.8) is 0 Å². The zero-order valence-corrected chi connectivity index (χ0v) is 17.4. The van der Waals surface area contributed by atoms with Crippen molar-refractivity contribution in [3.8, 4) is 0 Å². The Kier molecular flexibility index (Phi) is 6.21. The lowest BCUT2D eigenvalue weighted by Gasteiger charge is -2.07. The number of hydrogen-bond donors (Lipinski definition) is 1. The molecular weight excluding hydrogens is 397 g/mol. The molecule has 0 saturated heterocycles. The number of aryl methyl sites for hydroxylation is 2. The molecule has 8 heteroatoms. The van der Waals surface area contributed by atoms with E-state index in [2.05, 4.69) is 15.5 Å². The van der Waals surface area contributed by atoms with Crippen LogP contribution in [0.2, 0.25) is 10.0 Å². The van der Waals surface area contributed by atoms with Crippen LogP contribution in [0.3, 0.4) is 0 Å². The summed E-state index contributed by atoms with van der Waals surface area (Å²) in [7, 11) is 0. The molecule has 6 nitrogen and oxygen atoms in total. The minimum absolute atomic E-state index is 0.252. The van der Waals surface area contributed by atoms with Crippen molar-refractivity contribution < 1.29 is 4.79 Å². The lowest BCUT2D eigenvalue weighted by Crippen LogP contribution is -2.10. The highest BCUT2D eigenvalue weighted by atomic mass is 35.5. The van der Waals surface area contributed by atoms with Crippen LogP contribution in [0.15, 0.2) is 36.5 Å². The molecule has 0 radical (unpaired) electrons. The normalized spacial score (nSPS) is 11.3. The standard InChI is InChI=1S/C20H21Cl2N5O/c1-4-26-14(3)15(11-23-26)6-8-20(28)24-19-9-13(2)27(25-19)12-16-5-7-17(21)10-18(16)22/h5-11H,4,12H2,1-3H3,(H,24,25,28)/b8-6+. The highest BCUT2D eigenvalue weighted by Gasteiger charge is 2.09. The third-order valence-corrected chi connectivity index (χ3v) is 5.01. The summed E-state index contributed by atoms with van der Waals surface area (Å²) in [6, 6.07) is 7.17. The molecule has 2 heterocycles. The molecule has 3 rings (SSSR count). The number of carbonyl (C=O) groups is 1. The first kappa shape index (κ1) is 20.2. The smallest absolute Gasteiger partial charge is 0.249 e. The van der Waals surface area contributed by atoms with Gasteiger partial charge in [-0.3, -0.25) is 14.2 Å². The van der Waals surface area contributed by atoms with E-state index in [1.807, 2.05) is 37.6 Å². The van der Waals surface area contributed by atoms with Crippen molar-refractivity contribution in [1.82, 2.24) is 19.6 Å². The van der Waals surface area contributed by atoms with Crippen molar-refractivity contribution in [3.05, 3.63) is 69.1 Å². The number of nitrogens with zero attached hydrogens (tertiary/aromatic N) is 4. The monoisotopic (exact) mass is 417 g/mol. The molecule has 0 atom stereocenters. The summed E-state index contributed by atoms with van der Waals surface area (Å²) in [6.07, 6.45) is 4.98. The highest BCUT2D eigenvalue weighted by molar-refractivity contribution is 6.35. The maximum atomic E-state index is 12.2. The minimum atomic E-state index is -0.252. The van der Waals surface area contributed by atoms with Gasteiger partial charge in [-0.2, -0.15) is 10.2 Å². The summed E-state index contributed by atoms with van der Waals surface area (Å²) in [5, 5.41) is 12.7. The molecule has 0 aliphatic carbocycles. The summed E-state index contributed by atoms with van der Waals surface area (Å²) in [4.78, 5) is 12.2. The van der Waals surface area contributed by atoms with Gasteiger partial charge in [0.05, 0.1) is 12.7 Å². The summed E-state index contributed by atoms with van der Waals surface area (Å²) in [5.74, 6) is 0.232. The van der Waals surface area contributed by atoms with Gasteiger partial charge in [-0.05, 0) is 44.5 Å². The van der Waals surface area contributed by atoms with Gasteiger partial charge < -0.3 is 5.32 Å². The van der Waals surface area contributed by atoms with Gasteiger partial charge in [0.2, 0.25) is 5.91 Å². The Labute approximate surface area is 173 Å². The number of halogens is 2. The van der Waals surface area contributed by atoms with Gasteiger partial charge in [-0.25, -0.2) is 0 Å². The van der Waals surface area contributed by atoms with Crippen LogP contribution in [-0.2, 0) is 17.9 Å². The van der Waals surface area contributed by atoms with Gasteiger partial charge in [0.25, 0.3) is 0 Å². The zero-order chi connectivity index (χ0) is 20.3. The first-order chi connectivity index (χ1) is 13.4. The Morgan fingerprint density at radius 1 is 1.21 bits per heavy atom. The molecule has 0 aliphatic rings. The minimum Gasteiger partial charge on any atom is -0.306 e. The first-order valence-corrected chi connectivity index (χ1v) is 9.62. The molecule has 28 heavy (non-hydrogen) atoms.